The lowest BCUT2D eigenvalue weighted by Gasteiger charge is -2.11. The Bertz CT molecular complexity index is 887. The Kier molecular flexibility index (Phi) is 4.80. The predicted octanol–water partition coefficient (Wildman–Crippen LogP) is 4.28. The van der Waals surface area contributed by atoms with Crippen LogP contribution in [0.4, 0.5) is 11.6 Å². The summed E-state index contributed by atoms with van der Waals surface area (Å²) in [5, 5.41) is 5.22. The minimum Gasteiger partial charge on any atom is -0.455 e. The topological polar surface area (TPSA) is 80.6 Å². The highest BCUT2D eigenvalue weighted by Crippen LogP contribution is 2.29. The van der Waals surface area contributed by atoms with Gasteiger partial charge in [-0.15, -0.1) is 0 Å². The second-order valence-corrected chi connectivity index (χ2v) is 5.21. The van der Waals surface area contributed by atoms with E-state index in [-0.39, 0.29) is 17.6 Å². The molecule has 2 N–H and O–H groups in total. The molecule has 0 aliphatic heterocycles. The van der Waals surface area contributed by atoms with Crippen LogP contribution in [0.2, 0.25) is 0 Å². The lowest BCUT2D eigenvalue weighted by molar-refractivity contribution is -0.114. The van der Waals surface area contributed by atoms with E-state index in [1.807, 2.05) is 36.4 Å². The molecule has 0 radical (unpaired) electrons. The summed E-state index contributed by atoms with van der Waals surface area (Å²) in [6, 6.07) is 19.4. The maximum absolute atomic E-state index is 12.3. The van der Waals surface area contributed by atoms with Crippen molar-refractivity contribution in [1.82, 2.24) is 0 Å². The smallest absolute Gasteiger partial charge is 0.291 e. The average Bonchev–Trinajstić information content (AvgIpc) is 3.05. The van der Waals surface area contributed by atoms with Gasteiger partial charge in [-0.05, 0) is 30.3 Å². The van der Waals surface area contributed by atoms with Gasteiger partial charge in [-0.3, -0.25) is 14.9 Å². The highest BCUT2D eigenvalue weighted by Gasteiger charge is 2.14. The monoisotopic (exact) mass is 336 g/mol. The summed E-state index contributed by atoms with van der Waals surface area (Å²) in [4.78, 5) is 23.4. The molecule has 1 heterocycles. The van der Waals surface area contributed by atoms with Crippen LogP contribution in [0.25, 0.3) is 0 Å². The summed E-state index contributed by atoms with van der Waals surface area (Å²) < 4.78 is 11.1. The molecule has 0 spiro atoms. The van der Waals surface area contributed by atoms with Crippen molar-refractivity contribution < 1.29 is 18.7 Å². The fourth-order valence-electron chi connectivity index (χ4n) is 2.16. The maximum Gasteiger partial charge on any atom is 0.291 e. The second kappa shape index (κ2) is 7.35. The molecule has 1 aromatic heterocycles. The molecule has 0 fully saturated rings. The summed E-state index contributed by atoms with van der Waals surface area (Å²) in [5.41, 5.74) is 0.508. The zero-order valence-corrected chi connectivity index (χ0v) is 13.5. The Morgan fingerprint density at radius 2 is 1.60 bits per heavy atom. The van der Waals surface area contributed by atoms with E-state index in [2.05, 4.69) is 10.6 Å². The number of amides is 2. The summed E-state index contributed by atoms with van der Waals surface area (Å²) in [5.74, 6) is 0.749. The van der Waals surface area contributed by atoms with E-state index in [1.54, 1.807) is 18.2 Å². The molecule has 0 aliphatic rings. The number of anilines is 2. The third-order valence-electron chi connectivity index (χ3n) is 3.24. The molecule has 0 aliphatic carbocycles. The SMILES string of the molecule is CC(=O)Nc1ccc(C(=O)Nc2ccccc2Oc2ccccc2)o1. The number of benzene rings is 2. The number of furan rings is 1. The minimum atomic E-state index is -0.444. The number of rotatable bonds is 5. The molecule has 6 heteroatoms. The van der Waals surface area contributed by atoms with Gasteiger partial charge in [0.05, 0.1) is 5.69 Å². The van der Waals surface area contributed by atoms with Crippen molar-refractivity contribution in [1.29, 1.82) is 0 Å². The third kappa shape index (κ3) is 4.26. The molecule has 0 saturated carbocycles. The zero-order valence-electron chi connectivity index (χ0n) is 13.5. The first-order chi connectivity index (χ1) is 12.1. The molecule has 6 nitrogen and oxygen atoms in total. The standard InChI is InChI=1S/C19H16N2O4/c1-13(22)20-18-12-11-17(25-18)19(23)21-15-9-5-6-10-16(15)24-14-7-3-2-4-8-14/h2-12H,1H3,(H,20,22)(H,21,23). The zero-order chi connectivity index (χ0) is 17.6. The van der Waals surface area contributed by atoms with Crippen molar-refractivity contribution in [2.75, 3.05) is 10.6 Å². The van der Waals surface area contributed by atoms with Crippen LogP contribution in [0.3, 0.4) is 0 Å². The fraction of sp³-hybridized carbons (Fsp3) is 0.0526. The first-order valence-corrected chi connectivity index (χ1v) is 7.62. The van der Waals surface area contributed by atoms with Crippen molar-refractivity contribution in [2.45, 2.75) is 6.92 Å². The number of hydrogen-bond donors (Lipinski definition) is 2. The minimum absolute atomic E-state index is 0.0817. The molecule has 126 valence electrons. The molecule has 0 atom stereocenters. The Morgan fingerprint density at radius 3 is 2.36 bits per heavy atom. The molecule has 2 amide bonds. The number of carbonyl (C=O) groups is 2. The molecular formula is C19H16N2O4. The molecule has 0 saturated heterocycles. The van der Waals surface area contributed by atoms with Gasteiger partial charge in [0.15, 0.2) is 17.4 Å². The van der Waals surface area contributed by atoms with Crippen LogP contribution in [-0.2, 0) is 4.79 Å². The summed E-state index contributed by atoms with van der Waals surface area (Å²) in [6.07, 6.45) is 0. The average molecular weight is 336 g/mol. The second-order valence-electron chi connectivity index (χ2n) is 5.21. The Hall–Kier alpha value is -3.54. The maximum atomic E-state index is 12.3. The van der Waals surface area contributed by atoms with Crippen LogP contribution in [-0.4, -0.2) is 11.8 Å². The van der Waals surface area contributed by atoms with E-state index < -0.39 is 5.91 Å². The quantitative estimate of drug-likeness (QED) is 0.728. The lowest BCUT2D eigenvalue weighted by Crippen LogP contribution is -2.11. The highest BCUT2D eigenvalue weighted by molar-refractivity contribution is 6.03. The first kappa shape index (κ1) is 16.3. The van der Waals surface area contributed by atoms with E-state index in [1.165, 1.54) is 19.1 Å². The van der Waals surface area contributed by atoms with Crippen LogP contribution in [0.15, 0.2) is 71.1 Å². The Labute approximate surface area is 144 Å². The highest BCUT2D eigenvalue weighted by atomic mass is 16.5. The van der Waals surface area contributed by atoms with Crippen LogP contribution in [0, 0.1) is 0 Å². The number of hydrogen-bond acceptors (Lipinski definition) is 4. The van der Waals surface area contributed by atoms with Crippen LogP contribution in [0.5, 0.6) is 11.5 Å². The summed E-state index contributed by atoms with van der Waals surface area (Å²) in [6.45, 7) is 1.36. The van der Waals surface area contributed by atoms with Crippen molar-refractivity contribution in [3.63, 3.8) is 0 Å². The van der Waals surface area contributed by atoms with Crippen LogP contribution < -0.4 is 15.4 Å². The summed E-state index contributed by atoms with van der Waals surface area (Å²) >= 11 is 0. The third-order valence-corrected chi connectivity index (χ3v) is 3.24. The number of nitrogens with one attached hydrogen (secondary N) is 2. The molecule has 3 aromatic rings. The van der Waals surface area contributed by atoms with Gasteiger partial charge in [0.1, 0.15) is 5.75 Å². The fourth-order valence-corrected chi connectivity index (χ4v) is 2.16. The Morgan fingerprint density at radius 1 is 0.880 bits per heavy atom. The molecule has 2 aromatic carbocycles. The van der Waals surface area contributed by atoms with Crippen molar-refractivity contribution >= 4 is 23.4 Å². The van der Waals surface area contributed by atoms with Gasteiger partial charge >= 0.3 is 0 Å². The van der Waals surface area contributed by atoms with Crippen LogP contribution >= 0.6 is 0 Å². The van der Waals surface area contributed by atoms with Gasteiger partial charge < -0.3 is 14.5 Å². The summed E-state index contributed by atoms with van der Waals surface area (Å²) in [7, 11) is 0. The van der Waals surface area contributed by atoms with Gasteiger partial charge in [-0.1, -0.05) is 30.3 Å². The van der Waals surface area contributed by atoms with Gasteiger partial charge in [0, 0.05) is 13.0 Å². The van der Waals surface area contributed by atoms with E-state index in [0.717, 1.165) is 0 Å². The molecule has 25 heavy (non-hydrogen) atoms. The van der Waals surface area contributed by atoms with Gasteiger partial charge in [-0.2, -0.15) is 0 Å². The van der Waals surface area contributed by atoms with E-state index in [4.69, 9.17) is 9.15 Å². The largest absolute Gasteiger partial charge is 0.455 e. The number of carbonyl (C=O) groups excluding carboxylic acids is 2. The van der Waals surface area contributed by atoms with E-state index >= 15 is 0 Å². The molecule has 0 bridgehead atoms. The Balaban J connectivity index is 1.75. The molecular weight excluding hydrogens is 320 g/mol. The van der Waals surface area contributed by atoms with Crippen molar-refractivity contribution in [2.24, 2.45) is 0 Å². The molecule has 3 rings (SSSR count). The normalized spacial score (nSPS) is 10.1. The van der Waals surface area contributed by atoms with Crippen molar-refractivity contribution in [3.05, 3.63) is 72.5 Å². The molecule has 0 unspecified atom stereocenters. The van der Waals surface area contributed by atoms with E-state index in [0.29, 0.717) is 17.2 Å². The van der Waals surface area contributed by atoms with Crippen molar-refractivity contribution in [3.8, 4) is 11.5 Å². The van der Waals surface area contributed by atoms with Gasteiger partial charge in [-0.25, -0.2) is 0 Å². The number of para-hydroxylation sites is 3. The lowest BCUT2D eigenvalue weighted by atomic mass is 10.2. The van der Waals surface area contributed by atoms with E-state index in [9.17, 15) is 9.59 Å². The van der Waals surface area contributed by atoms with Gasteiger partial charge in [0.25, 0.3) is 5.91 Å². The van der Waals surface area contributed by atoms with Crippen LogP contribution in [0.1, 0.15) is 17.5 Å². The number of ether oxygens (including phenoxy) is 1. The van der Waals surface area contributed by atoms with Gasteiger partial charge in [0.2, 0.25) is 5.91 Å². The predicted molar refractivity (Wildman–Crippen MR) is 93.9 cm³/mol. The first-order valence-electron chi connectivity index (χ1n) is 7.62.